The van der Waals surface area contributed by atoms with Crippen molar-refractivity contribution in [2.24, 2.45) is 7.05 Å². The molecule has 1 saturated carbocycles. The average molecular weight is 496 g/mol. The average Bonchev–Trinajstić information content (AvgIpc) is 3.67. The molecule has 1 fully saturated rings. The van der Waals surface area contributed by atoms with Crippen molar-refractivity contribution in [1.29, 1.82) is 0 Å². The molecule has 5 rings (SSSR count). The smallest absolute Gasteiger partial charge is 0.413 e. The Hall–Kier alpha value is -4.39. The van der Waals surface area contributed by atoms with Gasteiger partial charge in [0.15, 0.2) is 0 Å². The van der Waals surface area contributed by atoms with Gasteiger partial charge in [0.25, 0.3) is 0 Å². The fourth-order valence-corrected chi connectivity index (χ4v) is 4.48. The van der Waals surface area contributed by atoms with Gasteiger partial charge in [-0.2, -0.15) is 5.10 Å². The largest absolute Gasteiger partial charge is 0.465 e. The first-order valence-electron chi connectivity index (χ1n) is 12.4. The van der Waals surface area contributed by atoms with Gasteiger partial charge in [-0.1, -0.05) is 78.9 Å². The number of rotatable bonds is 8. The number of benzene rings is 3. The number of amides is 1. The van der Waals surface area contributed by atoms with Gasteiger partial charge in [0.1, 0.15) is 12.4 Å². The Bertz CT molecular complexity index is 1390. The molecule has 0 saturated heterocycles. The van der Waals surface area contributed by atoms with Crippen LogP contribution in [0.1, 0.15) is 30.9 Å². The van der Waals surface area contributed by atoms with Gasteiger partial charge < -0.3 is 9.47 Å². The second-order valence-electron chi connectivity index (χ2n) is 9.17. The molecule has 4 aromatic rings. The highest BCUT2D eigenvalue weighted by Crippen LogP contribution is 2.49. The van der Waals surface area contributed by atoms with Crippen molar-refractivity contribution in [3.8, 4) is 22.3 Å². The summed E-state index contributed by atoms with van der Waals surface area (Å²) in [4.78, 5) is 24.8. The van der Waals surface area contributed by atoms with Gasteiger partial charge in [0, 0.05) is 12.6 Å². The molecular weight excluding hydrogens is 466 g/mol. The van der Waals surface area contributed by atoms with Crippen molar-refractivity contribution >= 4 is 17.9 Å². The number of nitrogens with one attached hydrogen (secondary N) is 1. The minimum Gasteiger partial charge on any atom is -0.465 e. The van der Waals surface area contributed by atoms with Crippen LogP contribution in [0.5, 0.6) is 0 Å². The van der Waals surface area contributed by atoms with Crippen LogP contribution < -0.4 is 5.32 Å². The lowest BCUT2D eigenvalue weighted by atomic mass is 9.93. The molecule has 1 aliphatic carbocycles. The highest BCUT2D eigenvalue weighted by atomic mass is 16.5. The topological polar surface area (TPSA) is 82.5 Å². The third-order valence-corrected chi connectivity index (χ3v) is 6.75. The molecule has 3 aromatic carbocycles. The predicted octanol–water partition coefficient (Wildman–Crippen LogP) is 6.10. The highest BCUT2D eigenvalue weighted by molar-refractivity contribution is 5.90. The Labute approximate surface area is 216 Å². The van der Waals surface area contributed by atoms with Crippen molar-refractivity contribution in [1.82, 2.24) is 9.78 Å². The summed E-state index contributed by atoms with van der Waals surface area (Å²) in [6, 6.07) is 25.7. The Morgan fingerprint density at radius 2 is 1.51 bits per heavy atom. The minimum atomic E-state index is -0.540. The lowest BCUT2D eigenvalue weighted by molar-refractivity contribution is -0.146. The van der Waals surface area contributed by atoms with E-state index in [9.17, 15) is 9.59 Å². The summed E-state index contributed by atoms with van der Waals surface area (Å²) < 4.78 is 12.3. The monoisotopic (exact) mass is 495 g/mol. The van der Waals surface area contributed by atoms with E-state index in [1.54, 1.807) is 17.9 Å². The van der Waals surface area contributed by atoms with Crippen LogP contribution in [0.4, 0.5) is 10.6 Å². The Morgan fingerprint density at radius 1 is 0.892 bits per heavy atom. The molecule has 1 amide bonds. The van der Waals surface area contributed by atoms with Crippen molar-refractivity contribution < 1.29 is 19.1 Å². The fraction of sp³-hybridized carbons (Fsp3) is 0.233. The molecule has 0 unspecified atom stereocenters. The zero-order valence-corrected chi connectivity index (χ0v) is 20.9. The summed E-state index contributed by atoms with van der Waals surface area (Å²) >= 11 is 0. The first-order valence-corrected chi connectivity index (χ1v) is 12.4. The van der Waals surface area contributed by atoms with Crippen molar-refractivity contribution in [2.45, 2.75) is 31.8 Å². The molecule has 188 valence electrons. The Kier molecular flexibility index (Phi) is 6.77. The van der Waals surface area contributed by atoms with E-state index in [2.05, 4.69) is 10.4 Å². The van der Waals surface area contributed by atoms with Gasteiger partial charge in [-0.05, 0) is 47.6 Å². The zero-order chi connectivity index (χ0) is 25.8. The quantitative estimate of drug-likeness (QED) is 0.299. The van der Waals surface area contributed by atoms with Gasteiger partial charge in [-0.25, -0.2) is 4.79 Å². The molecule has 7 nitrogen and oxygen atoms in total. The molecule has 0 spiro atoms. The molecule has 1 aliphatic rings. The van der Waals surface area contributed by atoms with Crippen molar-refractivity contribution in [3.05, 3.63) is 96.2 Å². The second-order valence-corrected chi connectivity index (χ2v) is 9.17. The molecule has 0 radical (unpaired) electrons. The number of carbonyl (C=O) groups is 2. The first kappa shape index (κ1) is 24.3. The van der Waals surface area contributed by atoms with E-state index < -0.39 is 11.5 Å². The molecule has 37 heavy (non-hydrogen) atoms. The summed E-state index contributed by atoms with van der Waals surface area (Å²) in [6.45, 7) is 2.42. The van der Waals surface area contributed by atoms with E-state index in [0.29, 0.717) is 12.4 Å². The minimum absolute atomic E-state index is 0.128. The van der Waals surface area contributed by atoms with Crippen LogP contribution in [0.2, 0.25) is 0 Å². The molecule has 7 heteroatoms. The van der Waals surface area contributed by atoms with E-state index in [1.807, 2.05) is 85.8 Å². The van der Waals surface area contributed by atoms with Crippen LogP contribution in [0.3, 0.4) is 0 Å². The Morgan fingerprint density at radius 3 is 2.14 bits per heavy atom. The maximum Gasteiger partial charge on any atom is 0.413 e. The predicted molar refractivity (Wildman–Crippen MR) is 142 cm³/mol. The summed E-state index contributed by atoms with van der Waals surface area (Å²) in [5.74, 6) is 0.431. The van der Waals surface area contributed by atoms with Crippen LogP contribution in [-0.4, -0.2) is 28.4 Å². The normalized spacial score (nSPS) is 13.6. The summed E-state index contributed by atoms with van der Waals surface area (Å²) in [5, 5.41) is 7.14. The molecule has 1 heterocycles. The number of ether oxygens (including phenoxy) is 2. The van der Waals surface area contributed by atoms with Gasteiger partial charge >= 0.3 is 12.1 Å². The number of carbonyl (C=O) groups excluding carboxylic acids is 2. The van der Waals surface area contributed by atoms with E-state index in [4.69, 9.17) is 9.47 Å². The number of aromatic nitrogens is 2. The molecule has 0 atom stereocenters. The van der Waals surface area contributed by atoms with Crippen LogP contribution in [-0.2, 0) is 33.3 Å². The number of hydrogen-bond acceptors (Lipinski definition) is 5. The van der Waals surface area contributed by atoms with Gasteiger partial charge in [0.2, 0.25) is 0 Å². The molecule has 1 aromatic heterocycles. The number of hydrogen-bond donors (Lipinski definition) is 1. The number of aryl methyl sites for hydroxylation is 1. The van der Waals surface area contributed by atoms with E-state index in [1.165, 1.54) is 0 Å². The molecular formula is C30H29N3O4. The third kappa shape index (κ3) is 5.11. The van der Waals surface area contributed by atoms with Gasteiger partial charge in [-0.15, -0.1) is 0 Å². The second kappa shape index (κ2) is 10.3. The lowest BCUT2D eigenvalue weighted by Gasteiger charge is -2.15. The van der Waals surface area contributed by atoms with Gasteiger partial charge in [-0.3, -0.25) is 14.8 Å². The molecule has 1 N–H and O–H groups in total. The zero-order valence-electron chi connectivity index (χ0n) is 20.9. The van der Waals surface area contributed by atoms with E-state index in [-0.39, 0.29) is 12.6 Å². The summed E-state index contributed by atoms with van der Waals surface area (Å²) in [7, 11) is 1.77. The van der Waals surface area contributed by atoms with E-state index >= 15 is 0 Å². The highest BCUT2D eigenvalue weighted by Gasteiger charge is 2.52. The van der Waals surface area contributed by atoms with Gasteiger partial charge in [0.05, 0.1) is 18.2 Å². The number of esters is 1. The van der Waals surface area contributed by atoms with Crippen LogP contribution in [0.15, 0.2) is 85.1 Å². The van der Waals surface area contributed by atoms with Crippen LogP contribution in [0.25, 0.3) is 22.3 Å². The van der Waals surface area contributed by atoms with Crippen LogP contribution >= 0.6 is 0 Å². The maximum atomic E-state index is 12.4. The maximum absolute atomic E-state index is 12.4. The van der Waals surface area contributed by atoms with Crippen molar-refractivity contribution in [3.63, 3.8) is 0 Å². The standard InChI is InChI=1S/C30H29N3O4/c1-3-36-28(34)30(17-18-30)25-15-13-23(14-16-25)22-9-11-24(12-10-22)26-19-31-33(2)27(26)32-29(35)37-20-21-7-5-4-6-8-21/h4-16,19H,3,17-18,20H2,1-2H3,(H,32,35). The summed E-state index contributed by atoms with van der Waals surface area (Å²) in [5.41, 5.74) is 5.29. The fourth-order valence-electron chi connectivity index (χ4n) is 4.48. The first-order chi connectivity index (χ1) is 18.0. The summed E-state index contributed by atoms with van der Waals surface area (Å²) in [6.07, 6.45) is 2.85. The van der Waals surface area contributed by atoms with Crippen LogP contribution in [0, 0.1) is 0 Å². The molecule has 0 bridgehead atoms. The van der Waals surface area contributed by atoms with Crippen molar-refractivity contribution in [2.75, 3.05) is 11.9 Å². The third-order valence-electron chi connectivity index (χ3n) is 6.75. The number of anilines is 1. The Balaban J connectivity index is 1.28. The van der Waals surface area contributed by atoms with E-state index in [0.717, 1.165) is 46.2 Å². The lowest BCUT2D eigenvalue weighted by Crippen LogP contribution is -2.23. The SMILES string of the molecule is CCOC(=O)C1(c2ccc(-c3ccc(-c4cnn(C)c4NC(=O)OCc4ccccc4)cc3)cc2)CC1. The molecule has 0 aliphatic heterocycles. The number of nitrogens with zero attached hydrogens (tertiary/aromatic N) is 2.